The van der Waals surface area contributed by atoms with Crippen molar-refractivity contribution >= 4 is 5.91 Å². The van der Waals surface area contributed by atoms with E-state index in [4.69, 9.17) is 14.5 Å². The van der Waals surface area contributed by atoms with Crippen LogP contribution in [0.2, 0.25) is 0 Å². The second-order valence-corrected chi connectivity index (χ2v) is 7.75. The third-order valence-electron chi connectivity index (χ3n) is 5.82. The lowest BCUT2D eigenvalue weighted by atomic mass is 9.97. The maximum atomic E-state index is 12.7. The van der Waals surface area contributed by atoms with Crippen molar-refractivity contribution in [1.29, 1.82) is 0 Å². The van der Waals surface area contributed by atoms with Crippen LogP contribution in [0.1, 0.15) is 49.2 Å². The zero-order valence-electron chi connectivity index (χ0n) is 16.5. The van der Waals surface area contributed by atoms with Crippen LogP contribution in [0.3, 0.4) is 0 Å². The SMILES string of the molecule is Cc1cnc(C2CCOCC2)n1C1CCCN(C(=O)COc2ccccc2)C1. The molecule has 6 heteroatoms. The minimum atomic E-state index is 0.0546. The third-order valence-corrected chi connectivity index (χ3v) is 5.82. The summed E-state index contributed by atoms with van der Waals surface area (Å²) in [6.45, 7) is 5.35. The Kier molecular flexibility index (Phi) is 5.95. The van der Waals surface area contributed by atoms with Crippen molar-refractivity contribution in [2.75, 3.05) is 32.9 Å². The molecule has 0 radical (unpaired) electrons. The number of rotatable bonds is 5. The molecule has 2 aromatic rings. The van der Waals surface area contributed by atoms with Gasteiger partial charge in [-0.3, -0.25) is 4.79 Å². The van der Waals surface area contributed by atoms with E-state index in [1.807, 2.05) is 41.4 Å². The van der Waals surface area contributed by atoms with Gasteiger partial charge >= 0.3 is 0 Å². The number of imidazole rings is 1. The second-order valence-electron chi connectivity index (χ2n) is 7.75. The predicted octanol–water partition coefficient (Wildman–Crippen LogP) is 3.33. The number of aryl methyl sites for hydroxylation is 1. The quantitative estimate of drug-likeness (QED) is 0.795. The van der Waals surface area contributed by atoms with Crippen molar-refractivity contribution in [3.63, 3.8) is 0 Å². The van der Waals surface area contributed by atoms with Crippen LogP contribution in [0.15, 0.2) is 36.5 Å². The zero-order valence-corrected chi connectivity index (χ0v) is 16.5. The van der Waals surface area contributed by atoms with Crippen LogP contribution in [0.25, 0.3) is 0 Å². The van der Waals surface area contributed by atoms with E-state index in [9.17, 15) is 4.79 Å². The summed E-state index contributed by atoms with van der Waals surface area (Å²) in [6, 6.07) is 9.80. The van der Waals surface area contributed by atoms with Crippen LogP contribution in [-0.4, -0.2) is 53.3 Å². The number of aromatic nitrogens is 2. The minimum Gasteiger partial charge on any atom is -0.484 e. The van der Waals surface area contributed by atoms with E-state index in [-0.39, 0.29) is 18.6 Å². The van der Waals surface area contributed by atoms with Gasteiger partial charge < -0.3 is 18.9 Å². The number of piperidine rings is 1. The molecule has 1 unspecified atom stereocenters. The fourth-order valence-corrected chi connectivity index (χ4v) is 4.34. The average molecular weight is 383 g/mol. The van der Waals surface area contributed by atoms with E-state index >= 15 is 0 Å². The standard InChI is InChI=1S/C22H29N3O3/c1-17-14-23-22(18-9-12-27-13-10-18)25(17)19-6-5-11-24(15-19)21(26)16-28-20-7-3-2-4-8-20/h2-4,7-8,14,18-19H,5-6,9-13,15-16H2,1H3. The van der Waals surface area contributed by atoms with Crippen LogP contribution in [0.5, 0.6) is 5.75 Å². The number of benzene rings is 1. The van der Waals surface area contributed by atoms with E-state index in [0.717, 1.165) is 57.7 Å². The smallest absolute Gasteiger partial charge is 0.260 e. The maximum Gasteiger partial charge on any atom is 0.260 e. The number of likely N-dealkylation sites (tertiary alicyclic amines) is 1. The first-order valence-electron chi connectivity index (χ1n) is 10.3. The molecule has 1 amide bonds. The Morgan fingerprint density at radius 2 is 2.00 bits per heavy atom. The van der Waals surface area contributed by atoms with Gasteiger partial charge in [-0.25, -0.2) is 4.98 Å². The molecule has 1 atom stereocenters. The van der Waals surface area contributed by atoms with Crippen molar-refractivity contribution < 1.29 is 14.3 Å². The van der Waals surface area contributed by atoms with Gasteiger partial charge in [-0.05, 0) is 44.7 Å². The minimum absolute atomic E-state index is 0.0546. The molecule has 2 aliphatic rings. The fourth-order valence-electron chi connectivity index (χ4n) is 4.34. The summed E-state index contributed by atoms with van der Waals surface area (Å²) in [7, 11) is 0. The van der Waals surface area contributed by atoms with Crippen molar-refractivity contribution in [2.24, 2.45) is 0 Å². The van der Waals surface area contributed by atoms with Gasteiger partial charge in [0.1, 0.15) is 11.6 Å². The van der Waals surface area contributed by atoms with Gasteiger partial charge in [-0.1, -0.05) is 18.2 Å². The molecule has 0 spiro atoms. The van der Waals surface area contributed by atoms with Crippen LogP contribution >= 0.6 is 0 Å². The molecule has 150 valence electrons. The van der Waals surface area contributed by atoms with Crippen LogP contribution in [0, 0.1) is 6.92 Å². The van der Waals surface area contributed by atoms with Crippen molar-refractivity contribution in [2.45, 2.75) is 44.6 Å². The van der Waals surface area contributed by atoms with Gasteiger partial charge in [0, 0.05) is 44.1 Å². The Hall–Kier alpha value is -2.34. The molecular formula is C22H29N3O3. The lowest BCUT2D eigenvalue weighted by Crippen LogP contribution is -2.43. The lowest BCUT2D eigenvalue weighted by Gasteiger charge is -2.36. The first-order valence-corrected chi connectivity index (χ1v) is 10.3. The highest BCUT2D eigenvalue weighted by Gasteiger charge is 2.30. The van der Waals surface area contributed by atoms with Gasteiger partial charge in [0.25, 0.3) is 5.91 Å². The highest BCUT2D eigenvalue weighted by Crippen LogP contribution is 2.32. The van der Waals surface area contributed by atoms with Crippen molar-refractivity contribution in [3.05, 3.63) is 48.0 Å². The van der Waals surface area contributed by atoms with E-state index in [1.54, 1.807) is 0 Å². The summed E-state index contributed by atoms with van der Waals surface area (Å²) in [5.74, 6) is 2.41. The normalized spacial score (nSPS) is 20.9. The molecule has 3 heterocycles. The molecule has 2 aliphatic heterocycles. The first-order chi connectivity index (χ1) is 13.7. The van der Waals surface area contributed by atoms with Crippen LogP contribution < -0.4 is 4.74 Å². The number of hydrogen-bond acceptors (Lipinski definition) is 4. The predicted molar refractivity (Wildman–Crippen MR) is 107 cm³/mol. The monoisotopic (exact) mass is 383 g/mol. The molecule has 0 bridgehead atoms. The molecule has 6 nitrogen and oxygen atoms in total. The van der Waals surface area contributed by atoms with Crippen molar-refractivity contribution in [1.82, 2.24) is 14.5 Å². The second kappa shape index (κ2) is 8.78. The van der Waals surface area contributed by atoms with Crippen LogP contribution in [-0.2, 0) is 9.53 Å². The Morgan fingerprint density at radius 3 is 2.79 bits per heavy atom. The van der Waals surface area contributed by atoms with Gasteiger partial charge in [0.15, 0.2) is 6.61 Å². The average Bonchev–Trinajstić information content (AvgIpc) is 3.15. The molecule has 4 rings (SSSR count). The molecule has 1 aromatic heterocycles. The number of carbonyl (C=O) groups is 1. The summed E-state index contributed by atoms with van der Waals surface area (Å²) in [5.41, 5.74) is 1.18. The summed E-state index contributed by atoms with van der Waals surface area (Å²) < 4.78 is 13.6. The fraction of sp³-hybridized carbons (Fsp3) is 0.545. The molecule has 28 heavy (non-hydrogen) atoms. The molecular weight excluding hydrogens is 354 g/mol. The molecule has 1 aromatic carbocycles. The largest absolute Gasteiger partial charge is 0.484 e. The van der Waals surface area contributed by atoms with E-state index in [2.05, 4.69) is 11.5 Å². The summed E-state index contributed by atoms with van der Waals surface area (Å²) in [6.07, 6.45) is 6.11. The van der Waals surface area contributed by atoms with Gasteiger partial charge in [0.2, 0.25) is 0 Å². The summed E-state index contributed by atoms with van der Waals surface area (Å²) in [5, 5.41) is 0. The topological polar surface area (TPSA) is 56.6 Å². The van der Waals surface area contributed by atoms with Gasteiger partial charge in [-0.2, -0.15) is 0 Å². The third kappa shape index (κ3) is 4.22. The molecule has 0 N–H and O–H groups in total. The molecule has 0 aliphatic carbocycles. The Morgan fingerprint density at radius 1 is 1.21 bits per heavy atom. The highest BCUT2D eigenvalue weighted by atomic mass is 16.5. The molecule has 0 saturated carbocycles. The maximum absolute atomic E-state index is 12.7. The molecule has 2 fully saturated rings. The number of nitrogens with zero attached hydrogens (tertiary/aromatic N) is 3. The van der Waals surface area contributed by atoms with E-state index in [0.29, 0.717) is 5.92 Å². The number of amides is 1. The summed E-state index contributed by atoms with van der Waals surface area (Å²) >= 11 is 0. The Balaban J connectivity index is 1.42. The number of carbonyl (C=O) groups excluding carboxylic acids is 1. The van der Waals surface area contributed by atoms with E-state index < -0.39 is 0 Å². The van der Waals surface area contributed by atoms with E-state index in [1.165, 1.54) is 11.5 Å². The molecule has 2 saturated heterocycles. The van der Waals surface area contributed by atoms with Crippen molar-refractivity contribution in [3.8, 4) is 5.75 Å². The Bertz CT molecular complexity index is 784. The number of para-hydroxylation sites is 1. The lowest BCUT2D eigenvalue weighted by molar-refractivity contribution is -0.135. The van der Waals surface area contributed by atoms with Gasteiger partial charge in [-0.15, -0.1) is 0 Å². The van der Waals surface area contributed by atoms with Gasteiger partial charge in [0.05, 0.1) is 6.04 Å². The highest BCUT2D eigenvalue weighted by molar-refractivity contribution is 5.77. The van der Waals surface area contributed by atoms with Crippen LogP contribution in [0.4, 0.5) is 0 Å². The number of hydrogen-bond donors (Lipinski definition) is 0. The number of ether oxygens (including phenoxy) is 2. The Labute approximate surface area is 166 Å². The zero-order chi connectivity index (χ0) is 19.3. The first kappa shape index (κ1) is 19.0. The summed E-state index contributed by atoms with van der Waals surface area (Å²) in [4.78, 5) is 19.4.